The molecule has 1 N–H and O–H groups in total. The molecule has 0 amide bonds. The zero-order valence-corrected chi connectivity index (χ0v) is 21.5. The van der Waals surface area contributed by atoms with Gasteiger partial charge in [-0.1, -0.05) is 58.3 Å². The number of hydrogen-bond donors (Lipinski definition) is 1. The minimum absolute atomic E-state index is 0. The molecule has 114 valence electrons. The fourth-order valence-electron chi connectivity index (χ4n) is 1.48. The summed E-state index contributed by atoms with van der Waals surface area (Å²) in [5.74, 6) is 0. The second-order valence-electron chi connectivity index (χ2n) is 4.08. The summed E-state index contributed by atoms with van der Waals surface area (Å²) in [7, 11) is -6.47. The molecule has 2 unspecified atom stereocenters. The molecule has 6 nitrogen and oxygen atoms in total. The molecular formula is C11H24K2O6P2+2. The second-order valence-corrected chi connectivity index (χ2v) is 5.63. The molecular weight excluding hydrogens is 368 g/mol. The van der Waals surface area contributed by atoms with Gasteiger partial charge in [0.15, 0.2) is 0 Å². The SMILES string of the molecule is CCCCCCCCCCCO.O=[P+]([O-])O[P+](=O)[O-].[K+].[K+]. The van der Waals surface area contributed by atoms with Crippen molar-refractivity contribution in [1.82, 2.24) is 0 Å². The van der Waals surface area contributed by atoms with E-state index in [1.165, 1.54) is 51.4 Å². The molecule has 0 aromatic rings. The van der Waals surface area contributed by atoms with Crippen LogP contribution in [0.2, 0.25) is 0 Å². The number of hydrogen-bond acceptors (Lipinski definition) is 6. The van der Waals surface area contributed by atoms with Gasteiger partial charge in [0.25, 0.3) is 0 Å². The number of unbranched alkanes of at least 4 members (excludes halogenated alkanes) is 8. The quantitative estimate of drug-likeness (QED) is 0.223. The molecule has 21 heavy (non-hydrogen) atoms. The molecule has 0 bridgehead atoms. The van der Waals surface area contributed by atoms with Gasteiger partial charge in [-0.25, -0.2) is 0 Å². The van der Waals surface area contributed by atoms with E-state index in [0.29, 0.717) is 6.61 Å². The van der Waals surface area contributed by atoms with Crippen LogP contribution in [-0.2, 0) is 13.4 Å². The van der Waals surface area contributed by atoms with E-state index >= 15 is 0 Å². The zero-order chi connectivity index (χ0) is 14.9. The van der Waals surface area contributed by atoms with Crippen molar-refractivity contribution >= 4 is 16.5 Å². The third-order valence-corrected chi connectivity index (χ3v) is 3.46. The molecule has 0 heterocycles. The molecule has 2 atom stereocenters. The van der Waals surface area contributed by atoms with E-state index < -0.39 is 16.5 Å². The number of aliphatic hydroxyl groups excluding tert-OH is 1. The van der Waals surface area contributed by atoms with Crippen molar-refractivity contribution in [2.45, 2.75) is 64.7 Å². The summed E-state index contributed by atoms with van der Waals surface area (Å²) in [6.45, 7) is 2.62. The monoisotopic (exact) mass is 392 g/mol. The Morgan fingerprint density at radius 1 is 0.810 bits per heavy atom. The van der Waals surface area contributed by atoms with Gasteiger partial charge in [0.1, 0.15) is 4.31 Å². The summed E-state index contributed by atoms with van der Waals surface area (Å²) in [6.07, 6.45) is 11.8. The van der Waals surface area contributed by atoms with Crippen LogP contribution in [0.25, 0.3) is 0 Å². The van der Waals surface area contributed by atoms with E-state index in [1.807, 2.05) is 0 Å². The average molecular weight is 392 g/mol. The topological polar surface area (TPSA) is 110 Å². The fourth-order valence-corrected chi connectivity index (χ4v) is 1.91. The predicted octanol–water partition coefficient (Wildman–Crippen LogP) is -3.44. The molecule has 0 saturated heterocycles. The Labute approximate surface area is 214 Å². The Bertz CT molecular complexity index is 213. The molecule has 10 heteroatoms. The molecule has 0 spiro atoms. The summed E-state index contributed by atoms with van der Waals surface area (Å²) >= 11 is 0. The standard InChI is InChI=1S/C11H24O.2K.O5P2/c1-2-3-4-5-6-7-8-9-10-11-12;;;1-6(2)5-7(3)4/h12H,2-11H2,1H3;;;/q;2*+1;. The van der Waals surface area contributed by atoms with Crippen molar-refractivity contribution in [1.29, 1.82) is 0 Å². The molecule has 0 aliphatic heterocycles. The summed E-state index contributed by atoms with van der Waals surface area (Å²) in [5, 5.41) is 8.54. The Balaban J connectivity index is -0.000000140. The van der Waals surface area contributed by atoms with Gasteiger partial charge < -0.3 is 14.9 Å². The second kappa shape index (κ2) is 28.1. The normalized spacial score (nSPS) is 10.5. The Hall–Kier alpha value is 3.31. The third-order valence-electron chi connectivity index (χ3n) is 2.40. The van der Waals surface area contributed by atoms with E-state index in [-0.39, 0.29) is 103 Å². The Morgan fingerprint density at radius 3 is 1.38 bits per heavy atom. The molecule has 0 rings (SSSR count). The Morgan fingerprint density at radius 2 is 1.14 bits per heavy atom. The van der Waals surface area contributed by atoms with E-state index in [1.54, 1.807) is 0 Å². The van der Waals surface area contributed by atoms with Gasteiger partial charge in [0, 0.05) is 6.61 Å². The van der Waals surface area contributed by atoms with Crippen molar-refractivity contribution in [2.75, 3.05) is 6.61 Å². The van der Waals surface area contributed by atoms with Gasteiger partial charge in [-0.15, -0.1) is 0 Å². The molecule has 0 saturated carbocycles. The summed E-state index contributed by atoms with van der Waals surface area (Å²) in [4.78, 5) is 18.5. The largest absolute Gasteiger partial charge is 1.00 e. The van der Waals surface area contributed by atoms with Crippen LogP contribution in [0.4, 0.5) is 0 Å². The molecule has 0 aromatic carbocycles. The minimum Gasteiger partial charge on any atom is -0.563 e. The molecule has 0 aromatic heterocycles. The smallest absolute Gasteiger partial charge is 0.563 e. The average Bonchev–Trinajstić information content (AvgIpc) is 2.32. The zero-order valence-electron chi connectivity index (χ0n) is 13.5. The first-order chi connectivity index (χ1) is 9.04. The van der Waals surface area contributed by atoms with Crippen LogP contribution in [0.3, 0.4) is 0 Å². The van der Waals surface area contributed by atoms with Crippen molar-refractivity contribution in [2.24, 2.45) is 0 Å². The maximum Gasteiger partial charge on any atom is 1.00 e. The van der Waals surface area contributed by atoms with Gasteiger partial charge in [0.2, 0.25) is 0 Å². The van der Waals surface area contributed by atoms with Crippen molar-refractivity contribution in [3.05, 3.63) is 0 Å². The minimum atomic E-state index is -3.24. The van der Waals surface area contributed by atoms with Crippen LogP contribution in [-0.4, -0.2) is 11.7 Å². The summed E-state index contributed by atoms with van der Waals surface area (Å²) < 4.78 is 21.6. The van der Waals surface area contributed by atoms with Gasteiger partial charge >= 0.3 is 119 Å². The van der Waals surface area contributed by atoms with E-state index in [0.717, 1.165) is 6.42 Å². The van der Waals surface area contributed by atoms with Crippen LogP contribution in [0.1, 0.15) is 64.7 Å². The molecule has 0 fully saturated rings. The van der Waals surface area contributed by atoms with E-state index in [4.69, 9.17) is 5.11 Å². The number of rotatable bonds is 11. The predicted molar refractivity (Wildman–Crippen MR) is 70.6 cm³/mol. The van der Waals surface area contributed by atoms with Crippen molar-refractivity contribution in [3.63, 3.8) is 0 Å². The first kappa shape index (κ1) is 32.0. The van der Waals surface area contributed by atoms with Crippen LogP contribution >= 0.6 is 16.5 Å². The van der Waals surface area contributed by atoms with Crippen molar-refractivity contribution < 1.29 is 131 Å². The van der Waals surface area contributed by atoms with Gasteiger partial charge in [-0.05, 0) is 15.6 Å². The summed E-state index contributed by atoms with van der Waals surface area (Å²) in [5.41, 5.74) is 0. The molecule has 0 aliphatic rings. The van der Waals surface area contributed by atoms with Crippen molar-refractivity contribution in [3.8, 4) is 0 Å². The summed E-state index contributed by atoms with van der Waals surface area (Å²) in [6, 6.07) is 0. The molecule has 0 aliphatic carbocycles. The number of aliphatic hydroxyl groups is 1. The fraction of sp³-hybridized carbons (Fsp3) is 1.00. The maximum absolute atomic E-state index is 9.24. The van der Waals surface area contributed by atoms with Crippen LogP contribution in [0.5, 0.6) is 0 Å². The van der Waals surface area contributed by atoms with Gasteiger partial charge in [0.05, 0.1) is 0 Å². The maximum atomic E-state index is 9.24. The first-order valence-electron chi connectivity index (χ1n) is 6.62. The third kappa shape index (κ3) is 39.8. The van der Waals surface area contributed by atoms with Crippen LogP contribution in [0.15, 0.2) is 0 Å². The van der Waals surface area contributed by atoms with Gasteiger partial charge in [-0.3, -0.25) is 0 Å². The van der Waals surface area contributed by atoms with E-state index in [2.05, 4.69) is 11.2 Å². The van der Waals surface area contributed by atoms with E-state index in [9.17, 15) is 18.9 Å². The van der Waals surface area contributed by atoms with Gasteiger partial charge in [-0.2, -0.15) is 0 Å². The molecule has 0 radical (unpaired) electrons. The Kier molecular flexibility index (Phi) is 42.9. The van der Waals surface area contributed by atoms with Crippen LogP contribution in [0, 0.1) is 0 Å². The van der Waals surface area contributed by atoms with Crippen LogP contribution < -0.4 is 113 Å². The first-order valence-corrected chi connectivity index (χ1v) is 8.81.